The molecule has 0 unspecified atom stereocenters. The van der Waals surface area contributed by atoms with Crippen LogP contribution >= 0.6 is 27.5 Å². The zero-order chi connectivity index (χ0) is 31.1. The Hall–Kier alpha value is -4.55. The van der Waals surface area contributed by atoms with E-state index in [-0.39, 0.29) is 29.4 Å². The molecule has 1 aliphatic rings. The Morgan fingerprint density at radius 1 is 1.00 bits per heavy atom. The number of benzene rings is 3. The Kier molecular flexibility index (Phi) is 10.3. The van der Waals surface area contributed by atoms with Gasteiger partial charge in [0.05, 0.1) is 41.7 Å². The molecular formula is C30H27BrClN3O8. The molecule has 1 fully saturated rings. The van der Waals surface area contributed by atoms with Crippen molar-refractivity contribution in [3.05, 3.63) is 75.2 Å². The van der Waals surface area contributed by atoms with Gasteiger partial charge in [0.1, 0.15) is 5.57 Å². The molecule has 3 aromatic rings. The molecule has 224 valence electrons. The molecule has 0 atom stereocenters. The van der Waals surface area contributed by atoms with E-state index in [1.54, 1.807) is 36.4 Å². The number of nitrogens with one attached hydrogen (secondary N) is 2. The van der Waals surface area contributed by atoms with E-state index in [4.69, 9.17) is 30.5 Å². The maximum atomic E-state index is 13.4. The van der Waals surface area contributed by atoms with Gasteiger partial charge in [-0.25, -0.2) is 9.69 Å². The van der Waals surface area contributed by atoms with Gasteiger partial charge in [-0.1, -0.05) is 30.7 Å². The molecule has 13 heteroatoms. The minimum atomic E-state index is -0.908. The van der Waals surface area contributed by atoms with Crippen LogP contribution in [0.3, 0.4) is 0 Å². The number of rotatable bonds is 11. The van der Waals surface area contributed by atoms with E-state index < -0.39 is 23.8 Å². The van der Waals surface area contributed by atoms with Crippen molar-refractivity contribution >= 4 is 68.7 Å². The average molecular weight is 673 g/mol. The highest BCUT2D eigenvalue weighted by atomic mass is 79.9. The van der Waals surface area contributed by atoms with Crippen molar-refractivity contribution in [3.8, 4) is 23.0 Å². The lowest BCUT2D eigenvalue weighted by molar-refractivity contribution is -0.122. The van der Waals surface area contributed by atoms with Crippen LogP contribution in [-0.2, 0) is 14.4 Å². The summed E-state index contributed by atoms with van der Waals surface area (Å²) in [5, 5.41) is 5.23. The minimum absolute atomic E-state index is 0.180. The van der Waals surface area contributed by atoms with Gasteiger partial charge in [0, 0.05) is 6.07 Å². The number of para-hydroxylation sites is 1. The van der Waals surface area contributed by atoms with Crippen LogP contribution in [0.25, 0.3) is 6.08 Å². The molecule has 0 radical (unpaired) electrons. The Balaban J connectivity index is 1.57. The second-order valence-electron chi connectivity index (χ2n) is 8.99. The second-order valence-corrected chi connectivity index (χ2v) is 10.3. The number of hydrogen-bond donors (Lipinski definition) is 2. The third-order valence-corrected chi connectivity index (χ3v) is 6.95. The van der Waals surface area contributed by atoms with Crippen molar-refractivity contribution in [3.63, 3.8) is 0 Å². The predicted octanol–water partition coefficient (Wildman–Crippen LogP) is 5.59. The molecule has 0 bridgehead atoms. The van der Waals surface area contributed by atoms with E-state index in [1.807, 2.05) is 6.92 Å². The van der Waals surface area contributed by atoms with Crippen molar-refractivity contribution in [1.29, 1.82) is 0 Å². The third-order valence-electron chi connectivity index (χ3n) is 6.03. The van der Waals surface area contributed by atoms with Crippen LogP contribution in [0.5, 0.6) is 23.0 Å². The number of amides is 5. The summed E-state index contributed by atoms with van der Waals surface area (Å²) in [6.07, 6.45) is 2.09. The fourth-order valence-corrected chi connectivity index (χ4v) is 4.79. The predicted molar refractivity (Wildman–Crippen MR) is 164 cm³/mol. The minimum Gasteiger partial charge on any atom is -0.493 e. The van der Waals surface area contributed by atoms with Gasteiger partial charge in [-0.2, -0.15) is 0 Å². The van der Waals surface area contributed by atoms with E-state index in [0.717, 1.165) is 11.3 Å². The van der Waals surface area contributed by atoms with Crippen molar-refractivity contribution in [2.45, 2.75) is 13.3 Å². The summed E-state index contributed by atoms with van der Waals surface area (Å²) in [7, 11) is 2.84. The van der Waals surface area contributed by atoms with Crippen molar-refractivity contribution in [2.24, 2.45) is 0 Å². The number of halogens is 2. The number of hydrogen-bond acceptors (Lipinski definition) is 8. The first-order chi connectivity index (χ1) is 20.7. The fraction of sp³-hybridized carbons (Fsp3) is 0.200. The molecule has 0 aromatic heterocycles. The van der Waals surface area contributed by atoms with E-state index in [1.165, 1.54) is 38.5 Å². The Morgan fingerprint density at radius 3 is 2.44 bits per heavy atom. The highest BCUT2D eigenvalue weighted by Crippen LogP contribution is 2.38. The number of ether oxygens (including phenoxy) is 4. The van der Waals surface area contributed by atoms with Gasteiger partial charge in [-0.05, 0) is 70.4 Å². The number of methoxy groups -OCH3 is 2. The topological polar surface area (TPSA) is 132 Å². The van der Waals surface area contributed by atoms with Crippen LogP contribution in [0.15, 0.2) is 64.6 Å². The zero-order valence-electron chi connectivity index (χ0n) is 23.4. The molecule has 4 rings (SSSR count). The number of anilines is 2. The number of barbiturate groups is 1. The molecule has 3 aromatic carbocycles. The lowest BCUT2D eigenvalue weighted by atomic mass is 10.1. The summed E-state index contributed by atoms with van der Waals surface area (Å²) in [4.78, 5) is 52.2. The molecule has 1 saturated heterocycles. The lowest BCUT2D eigenvalue weighted by Crippen LogP contribution is -2.54. The van der Waals surface area contributed by atoms with Crippen LogP contribution in [-0.4, -0.2) is 51.2 Å². The maximum absolute atomic E-state index is 13.4. The second kappa shape index (κ2) is 14.1. The first-order valence-corrected chi connectivity index (χ1v) is 14.1. The smallest absolute Gasteiger partial charge is 0.335 e. The monoisotopic (exact) mass is 671 g/mol. The average Bonchev–Trinajstić information content (AvgIpc) is 2.98. The Labute approximate surface area is 260 Å². The lowest BCUT2D eigenvalue weighted by Gasteiger charge is -2.27. The molecule has 0 saturated carbocycles. The molecule has 43 heavy (non-hydrogen) atoms. The van der Waals surface area contributed by atoms with Gasteiger partial charge >= 0.3 is 6.03 Å². The van der Waals surface area contributed by atoms with Crippen molar-refractivity contribution < 1.29 is 38.1 Å². The van der Waals surface area contributed by atoms with Gasteiger partial charge in [0.15, 0.2) is 29.6 Å². The third kappa shape index (κ3) is 7.27. The van der Waals surface area contributed by atoms with Gasteiger partial charge in [-0.3, -0.25) is 19.7 Å². The Bertz CT molecular complexity index is 1610. The summed E-state index contributed by atoms with van der Waals surface area (Å²) in [5.41, 5.74) is 0.698. The zero-order valence-corrected chi connectivity index (χ0v) is 25.7. The number of carbonyl (C=O) groups is 4. The number of imide groups is 2. The number of carbonyl (C=O) groups excluding carboxylic acids is 4. The van der Waals surface area contributed by atoms with Gasteiger partial charge in [0.25, 0.3) is 17.7 Å². The summed E-state index contributed by atoms with van der Waals surface area (Å²) >= 11 is 9.49. The standard InChI is InChI=1S/C30H27BrClN3O8/c1-4-11-42-23-10-9-18(15-24(23)40-2)35-29(38)19(28(37)34-30(35)39)12-17-13-20(31)27(25(14-17)41-3)43-16-26(36)33-22-8-6-5-7-21(22)32/h5-10,12-15H,4,11,16H2,1-3H3,(H,33,36)(H,34,37,39)/b19-12-. The van der Waals surface area contributed by atoms with Crippen LogP contribution in [0.4, 0.5) is 16.2 Å². The van der Waals surface area contributed by atoms with E-state index >= 15 is 0 Å². The normalized spacial score (nSPS) is 13.9. The molecular weight excluding hydrogens is 646 g/mol. The van der Waals surface area contributed by atoms with Crippen LogP contribution in [0.1, 0.15) is 18.9 Å². The maximum Gasteiger partial charge on any atom is 0.335 e. The van der Waals surface area contributed by atoms with E-state index in [2.05, 4.69) is 26.6 Å². The summed E-state index contributed by atoms with van der Waals surface area (Å²) < 4.78 is 22.5. The van der Waals surface area contributed by atoms with Crippen molar-refractivity contribution in [1.82, 2.24) is 5.32 Å². The Morgan fingerprint density at radius 2 is 1.74 bits per heavy atom. The summed E-state index contributed by atoms with van der Waals surface area (Å²) in [5.74, 6) is -0.964. The number of nitrogens with zero attached hydrogens (tertiary/aromatic N) is 1. The fourth-order valence-electron chi connectivity index (χ4n) is 4.04. The molecule has 0 aliphatic carbocycles. The van der Waals surface area contributed by atoms with E-state index in [0.29, 0.717) is 38.9 Å². The molecule has 1 aliphatic heterocycles. The molecule has 11 nitrogen and oxygen atoms in total. The van der Waals surface area contributed by atoms with Crippen LogP contribution in [0, 0.1) is 0 Å². The van der Waals surface area contributed by atoms with E-state index in [9.17, 15) is 19.2 Å². The molecule has 5 amide bonds. The van der Waals surface area contributed by atoms with Gasteiger partial charge < -0.3 is 24.3 Å². The highest BCUT2D eigenvalue weighted by molar-refractivity contribution is 9.10. The number of urea groups is 1. The summed E-state index contributed by atoms with van der Waals surface area (Å²) in [6.45, 7) is 2.06. The quantitative estimate of drug-likeness (QED) is 0.199. The largest absolute Gasteiger partial charge is 0.493 e. The first kappa shape index (κ1) is 31.4. The van der Waals surface area contributed by atoms with Crippen LogP contribution < -0.4 is 34.5 Å². The molecule has 0 spiro atoms. The molecule has 2 N–H and O–H groups in total. The van der Waals surface area contributed by atoms with Gasteiger partial charge in [0.2, 0.25) is 0 Å². The SMILES string of the molecule is CCCOc1ccc(N2C(=O)NC(=O)/C(=C/c3cc(Br)c(OCC(=O)Nc4ccccc4Cl)c(OC)c3)C2=O)cc1OC. The van der Waals surface area contributed by atoms with Gasteiger partial charge in [-0.15, -0.1) is 0 Å². The van der Waals surface area contributed by atoms with Crippen LogP contribution in [0.2, 0.25) is 5.02 Å². The van der Waals surface area contributed by atoms with Crippen molar-refractivity contribution in [2.75, 3.05) is 37.7 Å². The first-order valence-electron chi connectivity index (χ1n) is 12.9. The highest BCUT2D eigenvalue weighted by Gasteiger charge is 2.37. The summed E-state index contributed by atoms with van der Waals surface area (Å²) in [6, 6.07) is 13.5. The molecule has 1 heterocycles.